The Bertz CT molecular complexity index is 516. The molecule has 14 heavy (non-hydrogen) atoms. The van der Waals surface area contributed by atoms with Crippen molar-refractivity contribution in [2.75, 3.05) is 0 Å². The second-order valence-electron chi connectivity index (χ2n) is 3.52. The number of hydrogen-bond acceptors (Lipinski definition) is 3. The predicted octanol–water partition coefficient (Wildman–Crippen LogP) is 1.44. The highest BCUT2D eigenvalue weighted by atomic mass is 16.1. The molecule has 4 heteroatoms. The standard InChI is InChI=1S/C10H11N3O/c1-6(2)9-10-7(5-12-13-9)8(14)3-4-11-10/h3-6H,1-2H3,(H,11,14). The van der Waals surface area contributed by atoms with Crippen LogP contribution < -0.4 is 5.43 Å². The first-order chi connectivity index (χ1) is 6.70. The molecule has 0 amide bonds. The van der Waals surface area contributed by atoms with E-state index in [9.17, 15) is 4.79 Å². The van der Waals surface area contributed by atoms with Crippen LogP contribution >= 0.6 is 0 Å². The van der Waals surface area contributed by atoms with Gasteiger partial charge in [-0.2, -0.15) is 10.2 Å². The number of H-pyrrole nitrogens is 1. The molecule has 2 heterocycles. The highest BCUT2D eigenvalue weighted by molar-refractivity contribution is 5.79. The van der Waals surface area contributed by atoms with Gasteiger partial charge in [-0.05, 0) is 5.92 Å². The van der Waals surface area contributed by atoms with E-state index in [1.54, 1.807) is 6.20 Å². The quantitative estimate of drug-likeness (QED) is 0.738. The van der Waals surface area contributed by atoms with Gasteiger partial charge in [-0.15, -0.1) is 0 Å². The molecule has 0 fully saturated rings. The molecule has 0 aliphatic heterocycles. The van der Waals surface area contributed by atoms with Crippen LogP contribution in [0.2, 0.25) is 0 Å². The van der Waals surface area contributed by atoms with Gasteiger partial charge >= 0.3 is 0 Å². The first-order valence-corrected chi connectivity index (χ1v) is 4.53. The maximum absolute atomic E-state index is 11.5. The van der Waals surface area contributed by atoms with Gasteiger partial charge in [0.25, 0.3) is 0 Å². The average molecular weight is 189 g/mol. The summed E-state index contributed by atoms with van der Waals surface area (Å²) in [6, 6.07) is 1.49. The van der Waals surface area contributed by atoms with Gasteiger partial charge in [-0.1, -0.05) is 13.8 Å². The number of rotatable bonds is 1. The number of nitrogens with one attached hydrogen (secondary N) is 1. The Morgan fingerprint density at radius 2 is 2.21 bits per heavy atom. The average Bonchev–Trinajstić information content (AvgIpc) is 2.17. The molecule has 0 saturated carbocycles. The van der Waals surface area contributed by atoms with E-state index in [1.165, 1.54) is 12.3 Å². The third-order valence-electron chi connectivity index (χ3n) is 2.15. The van der Waals surface area contributed by atoms with Gasteiger partial charge in [-0.3, -0.25) is 4.79 Å². The van der Waals surface area contributed by atoms with Gasteiger partial charge < -0.3 is 4.98 Å². The minimum atomic E-state index is -0.0180. The molecule has 2 rings (SSSR count). The molecular weight excluding hydrogens is 178 g/mol. The first-order valence-electron chi connectivity index (χ1n) is 4.53. The Morgan fingerprint density at radius 3 is 2.93 bits per heavy atom. The Balaban J connectivity index is 2.88. The van der Waals surface area contributed by atoms with E-state index >= 15 is 0 Å². The fraction of sp³-hybridized carbons (Fsp3) is 0.300. The fourth-order valence-corrected chi connectivity index (χ4v) is 1.43. The zero-order valence-electron chi connectivity index (χ0n) is 8.11. The molecule has 0 unspecified atom stereocenters. The number of aromatic nitrogens is 3. The number of pyridine rings is 1. The maximum atomic E-state index is 11.5. The normalized spacial score (nSPS) is 11.1. The Hall–Kier alpha value is -1.71. The van der Waals surface area contributed by atoms with Gasteiger partial charge in [0.2, 0.25) is 0 Å². The lowest BCUT2D eigenvalue weighted by Crippen LogP contribution is -2.06. The zero-order valence-corrected chi connectivity index (χ0v) is 8.11. The van der Waals surface area contributed by atoms with Crippen LogP contribution in [0.1, 0.15) is 25.5 Å². The van der Waals surface area contributed by atoms with Crippen molar-refractivity contribution in [1.29, 1.82) is 0 Å². The molecule has 72 valence electrons. The minimum Gasteiger partial charge on any atom is -0.359 e. The van der Waals surface area contributed by atoms with Crippen LogP contribution in [0, 0.1) is 0 Å². The van der Waals surface area contributed by atoms with Crippen molar-refractivity contribution in [3.63, 3.8) is 0 Å². The third-order valence-corrected chi connectivity index (χ3v) is 2.15. The van der Waals surface area contributed by atoms with Gasteiger partial charge in [0.1, 0.15) is 0 Å². The van der Waals surface area contributed by atoms with Crippen molar-refractivity contribution in [2.24, 2.45) is 0 Å². The van der Waals surface area contributed by atoms with E-state index in [0.717, 1.165) is 11.2 Å². The van der Waals surface area contributed by atoms with Crippen LogP contribution in [0.25, 0.3) is 10.9 Å². The predicted molar refractivity (Wildman–Crippen MR) is 54.2 cm³/mol. The van der Waals surface area contributed by atoms with E-state index in [2.05, 4.69) is 15.2 Å². The summed E-state index contributed by atoms with van der Waals surface area (Å²) in [6.07, 6.45) is 3.14. The van der Waals surface area contributed by atoms with Crippen LogP contribution in [-0.2, 0) is 0 Å². The zero-order chi connectivity index (χ0) is 10.1. The topological polar surface area (TPSA) is 58.6 Å². The summed E-state index contributed by atoms with van der Waals surface area (Å²) in [5.41, 5.74) is 1.61. The van der Waals surface area contributed by atoms with E-state index < -0.39 is 0 Å². The van der Waals surface area contributed by atoms with Crippen molar-refractivity contribution in [1.82, 2.24) is 15.2 Å². The second kappa shape index (κ2) is 3.21. The molecule has 0 aliphatic carbocycles. The molecule has 0 spiro atoms. The van der Waals surface area contributed by atoms with E-state index in [4.69, 9.17) is 0 Å². The fourth-order valence-electron chi connectivity index (χ4n) is 1.43. The molecule has 2 aromatic rings. The van der Waals surface area contributed by atoms with Crippen LogP contribution in [-0.4, -0.2) is 15.2 Å². The minimum absolute atomic E-state index is 0.0180. The summed E-state index contributed by atoms with van der Waals surface area (Å²) >= 11 is 0. The Kier molecular flexibility index (Phi) is 2.04. The summed E-state index contributed by atoms with van der Waals surface area (Å²) < 4.78 is 0. The smallest absolute Gasteiger partial charge is 0.191 e. The summed E-state index contributed by atoms with van der Waals surface area (Å²) in [7, 11) is 0. The molecule has 1 N–H and O–H groups in total. The highest BCUT2D eigenvalue weighted by Gasteiger charge is 2.08. The summed E-state index contributed by atoms with van der Waals surface area (Å²) in [6.45, 7) is 4.05. The number of nitrogens with zero attached hydrogens (tertiary/aromatic N) is 2. The van der Waals surface area contributed by atoms with E-state index in [1.807, 2.05) is 13.8 Å². The third kappa shape index (κ3) is 1.28. The van der Waals surface area contributed by atoms with Crippen molar-refractivity contribution >= 4 is 10.9 Å². The van der Waals surface area contributed by atoms with Crippen molar-refractivity contribution in [3.05, 3.63) is 34.4 Å². The largest absolute Gasteiger partial charge is 0.359 e. The molecule has 0 bridgehead atoms. The lowest BCUT2D eigenvalue weighted by molar-refractivity contribution is 0.795. The van der Waals surface area contributed by atoms with Gasteiger partial charge in [0.05, 0.1) is 22.8 Å². The molecule has 0 aromatic carbocycles. The molecule has 0 aliphatic rings. The molecule has 4 nitrogen and oxygen atoms in total. The monoisotopic (exact) mass is 189 g/mol. The lowest BCUT2D eigenvalue weighted by atomic mass is 10.1. The van der Waals surface area contributed by atoms with Gasteiger partial charge in [0.15, 0.2) is 5.43 Å². The molecule has 0 radical (unpaired) electrons. The Morgan fingerprint density at radius 1 is 1.43 bits per heavy atom. The van der Waals surface area contributed by atoms with Crippen molar-refractivity contribution in [2.45, 2.75) is 19.8 Å². The van der Waals surface area contributed by atoms with E-state index in [-0.39, 0.29) is 11.3 Å². The Labute approximate surface area is 81.0 Å². The van der Waals surface area contributed by atoms with Gasteiger partial charge in [-0.25, -0.2) is 0 Å². The van der Waals surface area contributed by atoms with Crippen molar-refractivity contribution in [3.8, 4) is 0 Å². The molecule has 0 atom stereocenters. The van der Waals surface area contributed by atoms with Crippen LogP contribution in [0.5, 0.6) is 0 Å². The van der Waals surface area contributed by atoms with Crippen LogP contribution in [0.15, 0.2) is 23.3 Å². The second-order valence-corrected chi connectivity index (χ2v) is 3.52. The summed E-state index contributed by atoms with van der Waals surface area (Å²) in [5, 5.41) is 8.46. The maximum Gasteiger partial charge on any atom is 0.191 e. The SMILES string of the molecule is CC(C)c1nncc2c(=O)cc[nH]c12. The van der Waals surface area contributed by atoms with Crippen molar-refractivity contribution < 1.29 is 0 Å². The van der Waals surface area contributed by atoms with Gasteiger partial charge in [0, 0.05) is 12.3 Å². The first kappa shape index (κ1) is 8.87. The highest BCUT2D eigenvalue weighted by Crippen LogP contribution is 2.17. The number of aromatic amines is 1. The van der Waals surface area contributed by atoms with Crippen LogP contribution in [0.3, 0.4) is 0 Å². The summed E-state index contributed by atoms with van der Waals surface area (Å²) in [5.74, 6) is 0.254. The molecule has 2 aromatic heterocycles. The van der Waals surface area contributed by atoms with Crippen LogP contribution in [0.4, 0.5) is 0 Å². The number of hydrogen-bond donors (Lipinski definition) is 1. The molecular formula is C10H11N3O. The number of fused-ring (bicyclic) bond motifs is 1. The lowest BCUT2D eigenvalue weighted by Gasteiger charge is -2.05. The molecule has 0 saturated heterocycles. The summed E-state index contributed by atoms with van der Waals surface area (Å²) in [4.78, 5) is 14.5. The van der Waals surface area contributed by atoms with E-state index in [0.29, 0.717) is 5.39 Å².